The molecule has 3 N–H and O–H groups in total. The highest BCUT2D eigenvalue weighted by Crippen LogP contribution is 1.91. The summed E-state index contributed by atoms with van der Waals surface area (Å²) in [6.07, 6.45) is 4.14. The third-order valence-corrected chi connectivity index (χ3v) is 0.879. The summed E-state index contributed by atoms with van der Waals surface area (Å²) >= 11 is 0. The van der Waals surface area contributed by atoms with E-state index in [9.17, 15) is 5.21 Å². The number of hydrazine groups is 1. The molecule has 0 saturated heterocycles. The second-order valence-electron chi connectivity index (χ2n) is 2.02. The number of nitrogens with one attached hydrogen (secondary N) is 1. The summed E-state index contributed by atoms with van der Waals surface area (Å²) in [7, 11) is 1.20. The van der Waals surface area contributed by atoms with E-state index in [2.05, 4.69) is 27.4 Å². The summed E-state index contributed by atoms with van der Waals surface area (Å²) in [5, 5.41) is 11.4. The van der Waals surface area contributed by atoms with Crippen molar-refractivity contribution in [2.24, 2.45) is 5.84 Å². The van der Waals surface area contributed by atoms with E-state index >= 15 is 0 Å². The van der Waals surface area contributed by atoms with Crippen molar-refractivity contribution in [3.05, 3.63) is 35.7 Å². The van der Waals surface area contributed by atoms with E-state index in [1.807, 2.05) is 0 Å². The molecular weight excluding hydrogens is 190 g/mol. The molecule has 0 spiro atoms. The van der Waals surface area contributed by atoms with Crippen LogP contribution in [0.4, 0.5) is 0 Å². The van der Waals surface area contributed by atoms with E-state index in [0.717, 1.165) is 5.17 Å². The van der Waals surface area contributed by atoms with Gasteiger partial charge in [0.2, 0.25) is 0 Å². The molecule has 0 bridgehead atoms. The monoisotopic (exact) mass is 203 g/mol. The number of hydrogen-bond acceptors (Lipinski definition) is 7. The molecule has 0 radical (unpaired) electrons. The lowest BCUT2D eigenvalue weighted by atomic mass is 10.6. The lowest BCUT2D eigenvalue weighted by Crippen LogP contribution is -2.29. The molecule has 14 heavy (non-hydrogen) atoms. The number of nitrogens with zero attached hydrogens (tertiary/aromatic N) is 3. The normalized spacial score (nSPS) is 11.2. The van der Waals surface area contributed by atoms with Gasteiger partial charge < -0.3 is 15.6 Å². The van der Waals surface area contributed by atoms with Crippen molar-refractivity contribution in [3.63, 3.8) is 0 Å². The lowest BCUT2D eigenvalue weighted by molar-refractivity contribution is -0.145. The molecular formula is C6H13N5O3-2. The van der Waals surface area contributed by atoms with Crippen molar-refractivity contribution in [1.29, 1.82) is 0 Å². The van der Waals surface area contributed by atoms with Crippen LogP contribution < -0.4 is 11.3 Å². The molecule has 0 fully saturated rings. The zero-order chi connectivity index (χ0) is 10.8. The van der Waals surface area contributed by atoms with Gasteiger partial charge in [-0.05, 0) is 6.08 Å². The molecule has 0 aromatic heterocycles. The Bertz CT molecular complexity index is 175. The van der Waals surface area contributed by atoms with Crippen LogP contribution in [-0.4, -0.2) is 24.0 Å². The molecule has 0 amide bonds. The molecule has 0 saturated carbocycles. The van der Waals surface area contributed by atoms with Gasteiger partial charge in [0, 0.05) is 13.2 Å². The van der Waals surface area contributed by atoms with Crippen LogP contribution >= 0.6 is 0 Å². The van der Waals surface area contributed by atoms with Gasteiger partial charge in [-0.3, -0.25) is 5.48 Å². The van der Waals surface area contributed by atoms with E-state index < -0.39 is 0 Å². The first-order chi connectivity index (χ1) is 6.66. The zero-order valence-corrected chi connectivity index (χ0v) is 7.79. The van der Waals surface area contributed by atoms with Crippen LogP contribution in [0.5, 0.6) is 0 Å². The maximum atomic E-state index is 10.2. The maximum absolute atomic E-state index is 10.2. The van der Waals surface area contributed by atoms with Gasteiger partial charge in [0.25, 0.3) is 0 Å². The molecule has 0 aromatic rings. The highest BCUT2D eigenvalue weighted by atomic mass is 17.0. The van der Waals surface area contributed by atoms with Crippen molar-refractivity contribution in [2.75, 3.05) is 13.6 Å². The van der Waals surface area contributed by atoms with Crippen molar-refractivity contribution in [1.82, 2.24) is 15.9 Å². The maximum Gasteiger partial charge on any atom is 0.0585 e. The van der Waals surface area contributed by atoms with E-state index in [4.69, 9.17) is 5.84 Å². The molecule has 0 atom stereocenters. The first kappa shape index (κ1) is 12.8. The highest BCUT2D eigenvalue weighted by molar-refractivity contribution is 4.82. The van der Waals surface area contributed by atoms with E-state index in [0.29, 0.717) is 0 Å². The fourth-order valence-corrected chi connectivity index (χ4v) is 0.437. The molecule has 0 aliphatic carbocycles. The molecule has 8 nitrogen and oxygen atoms in total. The topological polar surface area (TPSA) is 100 Å². The van der Waals surface area contributed by atoms with Crippen LogP contribution in [0.2, 0.25) is 0 Å². The first-order valence-electron chi connectivity index (χ1n) is 3.65. The summed E-state index contributed by atoms with van der Waals surface area (Å²) in [4.78, 5) is 8.85. The van der Waals surface area contributed by atoms with Crippen molar-refractivity contribution in [2.45, 2.75) is 0 Å². The molecule has 0 rings (SSSR count). The van der Waals surface area contributed by atoms with Crippen molar-refractivity contribution < 1.29 is 9.88 Å². The SMILES string of the molecule is C=C[N-]ON(N)C/C=C/NON(C)[O-]. The fraction of sp³-hybridized carbons (Fsp3) is 0.333. The van der Waals surface area contributed by atoms with Gasteiger partial charge in [-0.15, -0.1) is 11.8 Å². The Labute approximate surface area is 81.9 Å². The average Bonchev–Trinajstić information content (AvgIpc) is 2.13. The van der Waals surface area contributed by atoms with Crippen molar-refractivity contribution >= 4 is 0 Å². The van der Waals surface area contributed by atoms with Crippen molar-refractivity contribution in [3.8, 4) is 0 Å². The predicted octanol–water partition coefficient (Wildman–Crippen LogP) is -0.0946. The molecule has 0 aromatic carbocycles. The number of nitrogens with two attached hydrogens (primary N) is 1. The largest absolute Gasteiger partial charge is 0.761 e. The van der Waals surface area contributed by atoms with Crippen LogP contribution in [0.3, 0.4) is 0 Å². The Hall–Kier alpha value is -1.16. The third kappa shape index (κ3) is 8.93. The lowest BCUT2D eigenvalue weighted by Gasteiger charge is -2.23. The number of hydroxylamine groups is 5. The average molecular weight is 203 g/mol. The van der Waals surface area contributed by atoms with Crippen LogP contribution in [0.25, 0.3) is 5.48 Å². The van der Waals surface area contributed by atoms with Gasteiger partial charge in [0.15, 0.2) is 0 Å². The van der Waals surface area contributed by atoms with Gasteiger partial charge >= 0.3 is 0 Å². The summed E-state index contributed by atoms with van der Waals surface area (Å²) in [5.74, 6) is 5.28. The quantitative estimate of drug-likeness (QED) is 0.419. The molecule has 0 unspecified atom stereocenters. The molecule has 82 valence electrons. The third-order valence-electron chi connectivity index (χ3n) is 0.879. The molecule has 0 heterocycles. The number of rotatable bonds is 8. The second-order valence-corrected chi connectivity index (χ2v) is 2.02. The first-order valence-corrected chi connectivity index (χ1v) is 3.65. The summed E-state index contributed by atoms with van der Waals surface area (Å²) in [6, 6.07) is 0. The van der Waals surface area contributed by atoms with Crippen LogP contribution in [-0.2, 0) is 9.88 Å². The van der Waals surface area contributed by atoms with Crippen LogP contribution in [0.1, 0.15) is 0 Å². The smallest absolute Gasteiger partial charge is 0.0585 e. The fourth-order valence-electron chi connectivity index (χ4n) is 0.437. The standard InChI is InChI=1S/C6H13N5O3/c1-3-8-14-11(7)6-4-5-9-13-10(2)12/h3-5,9H,1,6-7H2,2H3/q-2/b5-4+. The Kier molecular flexibility index (Phi) is 7.74. The molecule has 0 aliphatic rings. The number of hydrogen-bond donors (Lipinski definition) is 2. The Balaban J connectivity index is 3.36. The van der Waals surface area contributed by atoms with Crippen LogP contribution in [0, 0.1) is 5.21 Å². The Morgan fingerprint density at radius 3 is 3.00 bits per heavy atom. The summed E-state index contributed by atoms with van der Waals surface area (Å²) in [5.41, 5.74) is 5.56. The Morgan fingerprint density at radius 1 is 1.71 bits per heavy atom. The van der Waals surface area contributed by atoms with Crippen LogP contribution in [0.15, 0.2) is 25.1 Å². The van der Waals surface area contributed by atoms with E-state index in [1.165, 1.54) is 19.4 Å². The predicted molar refractivity (Wildman–Crippen MR) is 50.0 cm³/mol. The summed E-state index contributed by atoms with van der Waals surface area (Å²) in [6.45, 7) is 3.56. The van der Waals surface area contributed by atoms with E-state index in [1.54, 1.807) is 6.08 Å². The molecule has 0 aliphatic heterocycles. The van der Waals surface area contributed by atoms with E-state index in [-0.39, 0.29) is 11.8 Å². The minimum absolute atomic E-state index is 0.258. The highest BCUT2D eigenvalue weighted by Gasteiger charge is 1.86. The van der Waals surface area contributed by atoms with Gasteiger partial charge in [-0.25, -0.2) is 11.1 Å². The van der Waals surface area contributed by atoms with Gasteiger partial charge in [0.1, 0.15) is 0 Å². The summed E-state index contributed by atoms with van der Waals surface area (Å²) < 4.78 is 0. The molecule has 8 heteroatoms. The van der Waals surface area contributed by atoms with Gasteiger partial charge in [-0.2, -0.15) is 11.1 Å². The zero-order valence-electron chi connectivity index (χ0n) is 7.79. The second kappa shape index (κ2) is 8.44. The van der Waals surface area contributed by atoms with Gasteiger partial charge in [0.05, 0.1) is 6.54 Å². The minimum Gasteiger partial charge on any atom is -0.761 e. The minimum atomic E-state index is 0.258. The Morgan fingerprint density at radius 2 is 2.43 bits per heavy atom. The van der Waals surface area contributed by atoms with Gasteiger partial charge in [-0.1, -0.05) is 0 Å².